The van der Waals surface area contributed by atoms with Crippen molar-refractivity contribution in [3.63, 3.8) is 0 Å². The van der Waals surface area contributed by atoms with Crippen LogP contribution in [0.15, 0.2) is 18.2 Å². The molecule has 0 saturated carbocycles. The van der Waals surface area contributed by atoms with Crippen molar-refractivity contribution in [2.75, 3.05) is 5.32 Å². The summed E-state index contributed by atoms with van der Waals surface area (Å²) in [6.07, 6.45) is 0. The molecule has 7 heteroatoms. The van der Waals surface area contributed by atoms with Gasteiger partial charge in [-0.2, -0.15) is 0 Å². The van der Waals surface area contributed by atoms with Gasteiger partial charge in [0.05, 0.1) is 0 Å². The Hall–Kier alpha value is -1.37. The van der Waals surface area contributed by atoms with E-state index in [2.05, 4.69) is 20.7 Å². The quantitative estimate of drug-likeness (QED) is 0.339. The van der Waals surface area contributed by atoms with Gasteiger partial charge in [-0.05, 0) is 24.4 Å². The molecule has 0 aliphatic rings. The van der Waals surface area contributed by atoms with E-state index in [9.17, 15) is 0 Å². The second-order valence-corrected chi connectivity index (χ2v) is 3.71. The summed E-state index contributed by atoms with van der Waals surface area (Å²) in [7, 11) is 0. The van der Waals surface area contributed by atoms with Gasteiger partial charge in [0.15, 0.2) is 16.1 Å². The first kappa shape index (κ1) is 10.2. The number of fused-ring (bicyclic) bond motifs is 1. The highest BCUT2D eigenvalue weighted by molar-refractivity contribution is 7.80. The van der Waals surface area contributed by atoms with Crippen molar-refractivity contribution in [2.24, 2.45) is 5.84 Å². The number of halogens is 1. The minimum Gasteiger partial charge on any atom is -0.332 e. The van der Waals surface area contributed by atoms with Gasteiger partial charge in [-0.15, -0.1) is 0 Å². The minimum atomic E-state index is 0.357. The number of benzene rings is 1. The molecule has 6 N–H and O–H groups in total. The molecule has 0 amide bonds. The largest absolute Gasteiger partial charge is 0.351 e. The van der Waals surface area contributed by atoms with Crippen LogP contribution in [0.1, 0.15) is 0 Å². The van der Waals surface area contributed by atoms with E-state index in [4.69, 9.17) is 29.7 Å². The summed E-state index contributed by atoms with van der Waals surface area (Å²) in [6, 6.07) is 5.63. The molecule has 1 aromatic carbocycles. The van der Waals surface area contributed by atoms with E-state index in [1.807, 2.05) is 18.2 Å². The third-order valence-electron chi connectivity index (χ3n) is 1.90. The van der Waals surface area contributed by atoms with Gasteiger partial charge in [0.2, 0.25) is 0 Å². The molecule has 2 rings (SSSR count). The lowest BCUT2D eigenvalue weighted by molar-refractivity contribution is -0.341. The van der Waals surface area contributed by atoms with E-state index in [0.717, 1.165) is 16.7 Å². The van der Waals surface area contributed by atoms with Gasteiger partial charge in [0.1, 0.15) is 0 Å². The zero-order valence-corrected chi connectivity index (χ0v) is 9.17. The predicted octanol–water partition coefficient (Wildman–Crippen LogP) is 0.795. The molecule has 0 saturated heterocycles. The number of aromatic amines is 2. The van der Waals surface area contributed by atoms with Crippen molar-refractivity contribution in [1.29, 1.82) is 0 Å². The van der Waals surface area contributed by atoms with Gasteiger partial charge in [0.25, 0.3) is 0 Å². The first-order valence-corrected chi connectivity index (χ1v) is 4.96. The third kappa shape index (κ3) is 2.17. The predicted molar refractivity (Wildman–Crippen MR) is 63.4 cm³/mol. The molecule has 15 heavy (non-hydrogen) atoms. The monoisotopic (exact) mass is 242 g/mol. The summed E-state index contributed by atoms with van der Waals surface area (Å²) in [6.45, 7) is 0. The van der Waals surface area contributed by atoms with Gasteiger partial charge < -0.3 is 10.7 Å². The molecule has 0 atom stereocenters. The van der Waals surface area contributed by atoms with Crippen LogP contribution in [0.3, 0.4) is 0 Å². The second-order valence-electron chi connectivity index (χ2n) is 2.92. The SMILES string of the molecule is NNC(=S)Nc1ccc2[nH+]c(Cl)[nH]c2c1. The van der Waals surface area contributed by atoms with Crippen LogP contribution in [0, 0.1) is 0 Å². The maximum absolute atomic E-state index is 5.78. The van der Waals surface area contributed by atoms with Crippen molar-refractivity contribution in [3.8, 4) is 0 Å². The Labute approximate surface area is 96.0 Å². The molecular weight excluding hydrogens is 234 g/mol. The Morgan fingerprint density at radius 1 is 1.53 bits per heavy atom. The van der Waals surface area contributed by atoms with Crippen molar-refractivity contribution in [2.45, 2.75) is 0 Å². The Morgan fingerprint density at radius 3 is 3.07 bits per heavy atom. The lowest BCUT2D eigenvalue weighted by Crippen LogP contribution is -2.34. The molecule has 2 aromatic rings. The topological polar surface area (TPSA) is 80.0 Å². The first-order valence-electron chi connectivity index (χ1n) is 4.17. The Balaban J connectivity index is 2.33. The van der Waals surface area contributed by atoms with E-state index in [-0.39, 0.29) is 0 Å². The van der Waals surface area contributed by atoms with Gasteiger partial charge in [-0.3, -0.25) is 0 Å². The van der Waals surface area contributed by atoms with Gasteiger partial charge in [0, 0.05) is 23.4 Å². The van der Waals surface area contributed by atoms with Crippen molar-refractivity contribution in [3.05, 3.63) is 23.5 Å². The third-order valence-corrected chi connectivity index (χ3v) is 2.31. The zero-order chi connectivity index (χ0) is 10.8. The molecule has 1 heterocycles. The minimum absolute atomic E-state index is 0.357. The van der Waals surface area contributed by atoms with Crippen LogP contribution in [-0.4, -0.2) is 10.1 Å². The van der Waals surface area contributed by atoms with Gasteiger partial charge in [-0.25, -0.2) is 15.8 Å². The molecule has 5 nitrogen and oxygen atoms in total. The maximum atomic E-state index is 5.78. The highest BCUT2D eigenvalue weighted by Gasteiger charge is 2.07. The number of anilines is 1. The summed E-state index contributed by atoms with van der Waals surface area (Å²) < 4.78 is 0. The summed E-state index contributed by atoms with van der Waals surface area (Å²) >= 11 is 10.7. The van der Waals surface area contributed by atoms with Crippen LogP contribution in [0.4, 0.5) is 5.69 Å². The average Bonchev–Trinajstić information content (AvgIpc) is 2.57. The molecule has 78 valence electrons. The number of rotatable bonds is 1. The lowest BCUT2D eigenvalue weighted by atomic mass is 10.3. The average molecular weight is 243 g/mol. The maximum Gasteiger partial charge on any atom is 0.351 e. The molecule has 0 aliphatic heterocycles. The summed E-state index contributed by atoms with van der Waals surface area (Å²) in [5, 5.41) is 3.76. The lowest BCUT2D eigenvalue weighted by Gasteiger charge is -2.04. The number of hydrazine groups is 1. The molecule has 1 aromatic heterocycles. The summed E-state index contributed by atoms with van der Waals surface area (Å²) in [4.78, 5) is 5.93. The smallest absolute Gasteiger partial charge is 0.332 e. The van der Waals surface area contributed by atoms with Crippen LogP contribution in [0.5, 0.6) is 0 Å². The Morgan fingerprint density at radius 2 is 2.33 bits per heavy atom. The molecule has 0 bridgehead atoms. The van der Waals surface area contributed by atoms with E-state index in [1.165, 1.54) is 0 Å². The molecule has 0 spiro atoms. The number of imidazole rings is 1. The van der Waals surface area contributed by atoms with Gasteiger partial charge in [-0.1, -0.05) is 0 Å². The fourth-order valence-corrected chi connectivity index (χ4v) is 1.59. The standard InChI is InChI=1S/C8H8ClN5S/c9-7-12-5-2-1-4(3-6(5)13-7)11-8(15)14-10/h1-3H,10H2,(H,12,13)(H2,11,14,15)/p+1. The first-order chi connectivity index (χ1) is 7.19. The van der Waals surface area contributed by atoms with Gasteiger partial charge >= 0.3 is 5.28 Å². The Kier molecular flexibility index (Phi) is 2.72. The van der Waals surface area contributed by atoms with E-state index < -0.39 is 0 Å². The summed E-state index contributed by atoms with van der Waals surface area (Å²) in [5.74, 6) is 5.15. The fraction of sp³-hybridized carbons (Fsp3) is 0. The van der Waals surface area contributed by atoms with Crippen LogP contribution in [-0.2, 0) is 0 Å². The molecule has 0 radical (unpaired) electrons. The number of thiocarbonyl (C=S) groups is 1. The van der Waals surface area contributed by atoms with Crippen molar-refractivity contribution < 1.29 is 4.98 Å². The van der Waals surface area contributed by atoms with E-state index >= 15 is 0 Å². The van der Waals surface area contributed by atoms with Crippen molar-refractivity contribution in [1.82, 2.24) is 10.4 Å². The highest BCUT2D eigenvalue weighted by Crippen LogP contribution is 2.15. The number of aromatic nitrogens is 2. The van der Waals surface area contributed by atoms with Crippen LogP contribution in [0.2, 0.25) is 5.28 Å². The fourth-order valence-electron chi connectivity index (χ4n) is 1.27. The zero-order valence-electron chi connectivity index (χ0n) is 7.60. The molecule has 0 fully saturated rings. The number of nitrogens with two attached hydrogens (primary N) is 1. The summed E-state index contributed by atoms with van der Waals surface area (Å²) in [5.41, 5.74) is 5.00. The van der Waals surface area contributed by atoms with Crippen molar-refractivity contribution >= 4 is 45.7 Å². The highest BCUT2D eigenvalue weighted by atomic mass is 35.5. The molecular formula is C8H9ClN5S+. The number of hydrogen-bond acceptors (Lipinski definition) is 2. The Bertz CT molecular complexity index is 509. The van der Waals surface area contributed by atoms with Crippen LogP contribution < -0.4 is 21.6 Å². The second kappa shape index (κ2) is 4.01. The number of hydrogen-bond donors (Lipinski definition) is 4. The van der Waals surface area contributed by atoms with Crippen LogP contribution in [0.25, 0.3) is 11.0 Å². The normalized spacial score (nSPS) is 10.3. The van der Waals surface area contributed by atoms with E-state index in [0.29, 0.717) is 10.4 Å². The van der Waals surface area contributed by atoms with E-state index in [1.54, 1.807) is 0 Å². The number of H-pyrrole nitrogens is 2. The molecule has 0 unspecified atom stereocenters. The molecule has 0 aliphatic carbocycles. The number of nitrogens with one attached hydrogen (secondary N) is 4. The van der Waals surface area contributed by atoms with Crippen LogP contribution >= 0.6 is 23.8 Å².